The molecule has 4 rings (SSSR count). The van der Waals surface area contributed by atoms with Crippen molar-refractivity contribution in [3.8, 4) is 5.75 Å². The number of hydrogen-bond acceptors (Lipinski definition) is 5. The maximum Gasteiger partial charge on any atom is 0.340 e. The maximum absolute atomic E-state index is 12.7. The molecule has 6 heteroatoms. The van der Waals surface area contributed by atoms with Gasteiger partial charge in [0.1, 0.15) is 22.7 Å². The lowest BCUT2D eigenvalue weighted by Crippen LogP contribution is -2.27. The van der Waals surface area contributed by atoms with Gasteiger partial charge >= 0.3 is 5.63 Å². The van der Waals surface area contributed by atoms with E-state index in [9.17, 15) is 9.59 Å². The lowest BCUT2D eigenvalue weighted by atomic mass is 9.98. The van der Waals surface area contributed by atoms with Gasteiger partial charge in [-0.25, -0.2) is 4.79 Å². The minimum absolute atomic E-state index is 0.0558. The number of amides is 1. The SMILES string of the molecule is COc1ccccc1CNC(=O)Cc1c(C)c2cc3c(C)c(C)oc3c(C)c2oc1=O. The van der Waals surface area contributed by atoms with Crippen LogP contribution in [0.2, 0.25) is 0 Å². The van der Waals surface area contributed by atoms with E-state index in [1.54, 1.807) is 7.11 Å². The lowest BCUT2D eigenvalue weighted by molar-refractivity contribution is -0.120. The molecular weight excluding hydrogens is 394 g/mol. The molecule has 1 N–H and O–H groups in total. The molecule has 160 valence electrons. The van der Waals surface area contributed by atoms with Crippen molar-refractivity contribution in [2.75, 3.05) is 7.11 Å². The van der Waals surface area contributed by atoms with Gasteiger partial charge < -0.3 is 18.9 Å². The second-order valence-electron chi connectivity index (χ2n) is 7.80. The van der Waals surface area contributed by atoms with Crippen LogP contribution in [0.4, 0.5) is 0 Å². The standard InChI is InChI=1S/C25H25NO5/c1-13-16(4)30-23-15(3)24-19(10-18(13)23)14(2)20(25(28)31-24)11-22(27)26-12-17-8-6-7-9-21(17)29-5/h6-10H,11-12H2,1-5H3,(H,26,27). The van der Waals surface area contributed by atoms with Gasteiger partial charge in [0.25, 0.3) is 0 Å². The summed E-state index contributed by atoms with van der Waals surface area (Å²) in [6, 6.07) is 9.47. The molecule has 2 aromatic carbocycles. The fourth-order valence-electron chi connectivity index (χ4n) is 3.96. The number of nitrogens with one attached hydrogen (secondary N) is 1. The molecule has 0 aliphatic rings. The highest BCUT2D eigenvalue weighted by Gasteiger charge is 2.20. The van der Waals surface area contributed by atoms with E-state index in [1.165, 1.54) is 0 Å². The highest BCUT2D eigenvalue weighted by Crippen LogP contribution is 2.34. The van der Waals surface area contributed by atoms with Crippen LogP contribution >= 0.6 is 0 Å². The number of benzene rings is 2. The van der Waals surface area contributed by atoms with Crippen molar-refractivity contribution in [1.82, 2.24) is 5.32 Å². The summed E-state index contributed by atoms with van der Waals surface area (Å²) < 4.78 is 16.8. The lowest BCUT2D eigenvalue weighted by Gasteiger charge is -2.11. The van der Waals surface area contributed by atoms with E-state index >= 15 is 0 Å². The van der Waals surface area contributed by atoms with Crippen molar-refractivity contribution < 1.29 is 18.4 Å². The summed E-state index contributed by atoms with van der Waals surface area (Å²) in [7, 11) is 1.59. The highest BCUT2D eigenvalue weighted by molar-refractivity contribution is 6.00. The third-order valence-corrected chi connectivity index (χ3v) is 5.95. The Balaban J connectivity index is 1.67. The number of rotatable bonds is 5. The van der Waals surface area contributed by atoms with Crippen LogP contribution in [0.25, 0.3) is 21.9 Å². The first-order valence-corrected chi connectivity index (χ1v) is 10.2. The number of carbonyl (C=O) groups excluding carboxylic acids is 1. The summed E-state index contributed by atoms with van der Waals surface area (Å²) >= 11 is 0. The van der Waals surface area contributed by atoms with Crippen molar-refractivity contribution >= 4 is 27.8 Å². The Morgan fingerprint density at radius 1 is 0.968 bits per heavy atom. The number of carbonyl (C=O) groups is 1. The zero-order valence-corrected chi connectivity index (χ0v) is 18.3. The fraction of sp³-hybridized carbons (Fsp3) is 0.280. The second kappa shape index (κ2) is 7.95. The fourth-order valence-corrected chi connectivity index (χ4v) is 3.96. The molecule has 0 saturated heterocycles. The largest absolute Gasteiger partial charge is 0.496 e. The van der Waals surface area contributed by atoms with Gasteiger partial charge in [-0.15, -0.1) is 0 Å². The molecule has 0 bridgehead atoms. The average Bonchev–Trinajstić information content (AvgIpc) is 3.05. The quantitative estimate of drug-likeness (QED) is 0.477. The van der Waals surface area contributed by atoms with Gasteiger partial charge in [-0.2, -0.15) is 0 Å². The van der Waals surface area contributed by atoms with Crippen LogP contribution in [0.15, 0.2) is 44.0 Å². The van der Waals surface area contributed by atoms with Gasteiger partial charge in [0.15, 0.2) is 0 Å². The highest BCUT2D eigenvalue weighted by atomic mass is 16.5. The van der Waals surface area contributed by atoms with Crippen molar-refractivity contribution in [1.29, 1.82) is 0 Å². The Bertz CT molecular complexity index is 1380. The number of ether oxygens (including phenoxy) is 1. The molecule has 0 saturated carbocycles. The van der Waals surface area contributed by atoms with Crippen LogP contribution in [0.3, 0.4) is 0 Å². The Morgan fingerprint density at radius 2 is 1.65 bits per heavy atom. The number of furan rings is 1. The second-order valence-corrected chi connectivity index (χ2v) is 7.80. The van der Waals surface area contributed by atoms with Crippen molar-refractivity contribution in [3.05, 3.63) is 74.3 Å². The van der Waals surface area contributed by atoms with E-state index in [1.807, 2.05) is 58.0 Å². The number of hydrogen-bond donors (Lipinski definition) is 1. The van der Waals surface area contributed by atoms with Crippen LogP contribution in [-0.2, 0) is 17.8 Å². The van der Waals surface area contributed by atoms with Gasteiger partial charge in [-0.05, 0) is 51.0 Å². The Hall–Kier alpha value is -3.54. The maximum atomic E-state index is 12.7. The average molecular weight is 419 g/mol. The zero-order valence-electron chi connectivity index (χ0n) is 18.3. The van der Waals surface area contributed by atoms with E-state index < -0.39 is 5.63 Å². The normalized spacial score (nSPS) is 11.3. The third-order valence-electron chi connectivity index (χ3n) is 5.95. The van der Waals surface area contributed by atoms with E-state index in [-0.39, 0.29) is 12.3 Å². The summed E-state index contributed by atoms with van der Waals surface area (Å²) in [5, 5.41) is 4.68. The molecule has 2 heterocycles. The topological polar surface area (TPSA) is 81.7 Å². The van der Waals surface area contributed by atoms with Gasteiger partial charge in [-0.1, -0.05) is 18.2 Å². The first kappa shape index (κ1) is 20.7. The first-order valence-electron chi connectivity index (χ1n) is 10.2. The third kappa shape index (κ3) is 3.58. The van der Waals surface area contributed by atoms with Crippen molar-refractivity contribution in [2.24, 2.45) is 0 Å². The molecule has 0 radical (unpaired) electrons. The molecule has 0 spiro atoms. The molecular formula is C25H25NO5. The van der Waals surface area contributed by atoms with Crippen LogP contribution in [0.1, 0.15) is 33.6 Å². The van der Waals surface area contributed by atoms with E-state index in [4.69, 9.17) is 13.6 Å². The Labute approximate surface area is 179 Å². The number of para-hydroxylation sites is 1. The Morgan fingerprint density at radius 3 is 2.39 bits per heavy atom. The van der Waals surface area contributed by atoms with Gasteiger partial charge in [0.2, 0.25) is 5.91 Å². The van der Waals surface area contributed by atoms with Crippen LogP contribution in [0.5, 0.6) is 5.75 Å². The molecule has 0 aliphatic heterocycles. The van der Waals surface area contributed by atoms with Gasteiger partial charge in [0.05, 0.1) is 19.1 Å². The summed E-state index contributed by atoms with van der Waals surface area (Å²) in [5.74, 6) is 1.28. The monoisotopic (exact) mass is 419 g/mol. The van der Waals surface area contributed by atoms with E-state index in [2.05, 4.69) is 5.32 Å². The molecule has 31 heavy (non-hydrogen) atoms. The molecule has 0 atom stereocenters. The van der Waals surface area contributed by atoms with Crippen LogP contribution in [0, 0.1) is 27.7 Å². The molecule has 2 aromatic heterocycles. The minimum atomic E-state index is -0.500. The summed E-state index contributed by atoms with van der Waals surface area (Å²) in [6.45, 7) is 7.98. The first-order chi connectivity index (χ1) is 14.8. The smallest absolute Gasteiger partial charge is 0.340 e. The van der Waals surface area contributed by atoms with Gasteiger partial charge in [-0.3, -0.25) is 4.79 Å². The molecule has 0 fully saturated rings. The molecule has 6 nitrogen and oxygen atoms in total. The van der Waals surface area contributed by atoms with Crippen molar-refractivity contribution in [2.45, 2.75) is 40.7 Å². The zero-order chi connectivity index (χ0) is 22.3. The number of methoxy groups -OCH3 is 1. The van der Waals surface area contributed by atoms with Crippen LogP contribution < -0.4 is 15.7 Å². The summed E-state index contributed by atoms with van der Waals surface area (Å²) in [5.41, 5.74) is 4.56. The van der Waals surface area contributed by atoms with Gasteiger partial charge in [0, 0.05) is 28.4 Å². The minimum Gasteiger partial charge on any atom is -0.496 e. The summed E-state index contributed by atoms with van der Waals surface area (Å²) in [6.07, 6.45) is -0.0558. The molecule has 0 unspecified atom stereocenters. The molecule has 0 aliphatic carbocycles. The van der Waals surface area contributed by atoms with Crippen molar-refractivity contribution in [3.63, 3.8) is 0 Å². The Kier molecular flexibility index (Phi) is 5.31. The predicted octanol–water partition coefficient (Wildman–Crippen LogP) is 4.64. The number of fused-ring (bicyclic) bond motifs is 2. The van der Waals surface area contributed by atoms with E-state index in [0.717, 1.165) is 44.4 Å². The predicted molar refractivity (Wildman–Crippen MR) is 120 cm³/mol. The molecule has 4 aromatic rings. The molecule has 1 amide bonds. The number of aryl methyl sites for hydroxylation is 4. The van der Waals surface area contributed by atoms with Crippen LogP contribution in [-0.4, -0.2) is 13.0 Å². The summed E-state index contributed by atoms with van der Waals surface area (Å²) in [4.78, 5) is 25.3. The van der Waals surface area contributed by atoms with E-state index in [0.29, 0.717) is 23.4 Å².